The first-order valence-corrected chi connectivity index (χ1v) is 7.85. The van der Waals surface area contributed by atoms with E-state index in [2.05, 4.69) is 20.9 Å². The van der Waals surface area contributed by atoms with Gasteiger partial charge < -0.3 is 4.90 Å². The Morgan fingerprint density at radius 1 is 1.50 bits per heavy atom. The van der Waals surface area contributed by atoms with Crippen LogP contribution in [0.1, 0.15) is 17.7 Å². The zero-order chi connectivity index (χ0) is 14.5. The fourth-order valence-corrected chi connectivity index (χ4v) is 2.69. The molecular weight excluding hydrogens is 343 g/mol. The largest absolute Gasteiger partial charge is 0.340 e. The van der Waals surface area contributed by atoms with Gasteiger partial charge in [-0.15, -0.1) is 11.3 Å². The zero-order valence-corrected chi connectivity index (χ0v) is 13.4. The third kappa shape index (κ3) is 4.11. The molecule has 0 unspecified atom stereocenters. The lowest BCUT2D eigenvalue weighted by molar-refractivity contribution is -0.130. The van der Waals surface area contributed by atoms with Gasteiger partial charge in [-0.25, -0.2) is 9.37 Å². The summed E-state index contributed by atoms with van der Waals surface area (Å²) in [5, 5.41) is 1.91. The van der Waals surface area contributed by atoms with Crippen molar-refractivity contribution in [2.24, 2.45) is 0 Å². The molecule has 0 fully saturated rings. The maximum Gasteiger partial charge on any atom is 0.222 e. The Morgan fingerprint density at radius 2 is 2.30 bits per heavy atom. The molecule has 0 saturated heterocycles. The van der Waals surface area contributed by atoms with E-state index >= 15 is 0 Å². The van der Waals surface area contributed by atoms with Crippen molar-refractivity contribution < 1.29 is 9.18 Å². The van der Waals surface area contributed by atoms with E-state index < -0.39 is 0 Å². The van der Waals surface area contributed by atoms with Gasteiger partial charge in [0.05, 0.1) is 17.7 Å². The molecule has 2 rings (SSSR count). The molecule has 0 aliphatic rings. The Kier molecular flexibility index (Phi) is 5.25. The van der Waals surface area contributed by atoms with Crippen LogP contribution in [-0.2, 0) is 17.8 Å². The van der Waals surface area contributed by atoms with Crippen molar-refractivity contribution in [1.29, 1.82) is 0 Å². The second kappa shape index (κ2) is 6.95. The summed E-state index contributed by atoms with van der Waals surface area (Å²) in [6.07, 6.45) is 0.693. The predicted molar refractivity (Wildman–Crippen MR) is 81.0 cm³/mol. The Labute approximate surface area is 129 Å². The summed E-state index contributed by atoms with van der Waals surface area (Å²) >= 11 is 4.72. The average Bonchev–Trinajstić information content (AvgIpc) is 2.90. The summed E-state index contributed by atoms with van der Waals surface area (Å²) in [6.45, 7) is 0.491. The van der Waals surface area contributed by atoms with E-state index in [1.807, 2.05) is 5.38 Å². The minimum absolute atomic E-state index is 0.0136. The highest BCUT2D eigenvalue weighted by atomic mass is 79.9. The summed E-state index contributed by atoms with van der Waals surface area (Å²) in [7, 11) is 1.74. The molecule has 1 heterocycles. The molecular formula is C14H14BrFN2OS. The van der Waals surface area contributed by atoms with Crippen molar-refractivity contribution in [3.8, 4) is 0 Å². The summed E-state index contributed by atoms with van der Waals surface area (Å²) < 4.78 is 14.3. The van der Waals surface area contributed by atoms with Crippen LogP contribution in [0.4, 0.5) is 4.39 Å². The third-order valence-electron chi connectivity index (χ3n) is 2.93. The minimum Gasteiger partial charge on any atom is -0.340 e. The van der Waals surface area contributed by atoms with E-state index in [9.17, 15) is 9.18 Å². The maximum absolute atomic E-state index is 13.6. The fraction of sp³-hybridized carbons (Fsp3) is 0.286. The Morgan fingerprint density at radius 3 is 2.95 bits per heavy atom. The molecule has 0 aliphatic heterocycles. The lowest BCUT2D eigenvalue weighted by Crippen LogP contribution is -2.26. The highest BCUT2D eigenvalue weighted by Gasteiger charge is 2.12. The van der Waals surface area contributed by atoms with Gasteiger partial charge in [0.25, 0.3) is 0 Å². The summed E-state index contributed by atoms with van der Waals surface area (Å²) in [5.41, 5.74) is 3.18. The number of aromatic nitrogens is 1. The molecule has 0 bridgehead atoms. The van der Waals surface area contributed by atoms with Gasteiger partial charge in [0.15, 0.2) is 0 Å². The van der Waals surface area contributed by atoms with Crippen molar-refractivity contribution in [3.63, 3.8) is 0 Å². The topological polar surface area (TPSA) is 33.2 Å². The summed E-state index contributed by atoms with van der Waals surface area (Å²) in [4.78, 5) is 17.7. The van der Waals surface area contributed by atoms with Gasteiger partial charge >= 0.3 is 0 Å². The van der Waals surface area contributed by atoms with Gasteiger partial charge in [-0.05, 0) is 24.1 Å². The molecule has 0 spiro atoms. The predicted octanol–water partition coefficient (Wildman–Crippen LogP) is 3.64. The number of aryl methyl sites for hydroxylation is 1. The first-order chi connectivity index (χ1) is 9.56. The molecule has 1 aromatic carbocycles. The van der Waals surface area contributed by atoms with Crippen molar-refractivity contribution in [1.82, 2.24) is 9.88 Å². The molecule has 1 aromatic heterocycles. The fourth-order valence-electron chi connectivity index (χ4n) is 1.80. The number of rotatable bonds is 5. The first kappa shape index (κ1) is 15.1. The summed E-state index contributed by atoms with van der Waals surface area (Å²) in [6, 6.07) is 4.90. The van der Waals surface area contributed by atoms with Crippen molar-refractivity contribution in [3.05, 3.63) is 50.6 Å². The quantitative estimate of drug-likeness (QED) is 0.819. The van der Waals surface area contributed by atoms with Crippen LogP contribution in [0, 0.1) is 5.82 Å². The number of benzene rings is 1. The van der Waals surface area contributed by atoms with E-state index in [1.165, 1.54) is 17.4 Å². The van der Waals surface area contributed by atoms with E-state index in [0.717, 1.165) is 5.69 Å². The second-order valence-corrected chi connectivity index (χ2v) is 6.10. The molecule has 2 aromatic rings. The van der Waals surface area contributed by atoms with Gasteiger partial charge in [0.1, 0.15) is 5.82 Å². The number of carbonyl (C=O) groups excluding carboxylic acids is 1. The SMILES string of the molecule is CN(Cc1cscn1)C(=O)CCc1ccc(Br)cc1F. The molecule has 0 saturated carbocycles. The molecule has 6 heteroatoms. The van der Waals surface area contributed by atoms with Crippen LogP contribution in [-0.4, -0.2) is 22.8 Å². The van der Waals surface area contributed by atoms with Gasteiger partial charge in [-0.2, -0.15) is 0 Å². The summed E-state index contributed by atoms with van der Waals surface area (Å²) in [5.74, 6) is -0.297. The van der Waals surface area contributed by atoms with Crippen LogP contribution < -0.4 is 0 Å². The van der Waals surface area contributed by atoms with Crippen LogP contribution in [0.3, 0.4) is 0 Å². The van der Waals surface area contributed by atoms with Gasteiger partial charge in [0.2, 0.25) is 5.91 Å². The van der Waals surface area contributed by atoms with E-state index in [1.54, 1.807) is 29.6 Å². The number of hydrogen-bond acceptors (Lipinski definition) is 3. The molecule has 0 N–H and O–H groups in total. The number of hydrogen-bond donors (Lipinski definition) is 0. The third-order valence-corrected chi connectivity index (χ3v) is 4.06. The number of carbonyl (C=O) groups is 1. The molecule has 0 atom stereocenters. The molecule has 106 valence electrons. The maximum atomic E-state index is 13.6. The lowest BCUT2D eigenvalue weighted by Gasteiger charge is -2.16. The van der Waals surface area contributed by atoms with Crippen LogP contribution in [0.25, 0.3) is 0 Å². The van der Waals surface area contributed by atoms with Crippen molar-refractivity contribution >= 4 is 33.2 Å². The number of nitrogens with zero attached hydrogens (tertiary/aromatic N) is 2. The van der Waals surface area contributed by atoms with Gasteiger partial charge in [0, 0.05) is 23.3 Å². The first-order valence-electron chi connectivity index (χ1n) is 6.11. The highest BCUT2D eigenvalue weighted by molar-refractivity contribution is 9.10. The van der Waals surface area contributed by atoms with E-state index in [-0.39, 0.29) is 11.7 Å². The average molecular weight is 357 g/mol. The minimum atomic E-state index is -0.283. The van der Waals surface area contributed by atoms with E-state index in [4.69, 9.17) is 0 Å². The molecule has 0 aliphatic carbocycles. The van der Waals surface area contributed by atoms with Crippen LogP contribution in [0.15, 0.2) is 33.6 Å². The number of halogens is 2. The molecule has 1 amide bonds. The highest BCUT2D eigenvalue weighted by Crippen LogP contribution is 2.17. The molecule has 0 radical (unpaired) electrons. The van der Waals surface area contributed by atoms with Crippen LogP contribution in [0.2, 0.25) is 0 Å². The van der Waals surface area contributed by atoms with Crippen LogP contribution in [0.5, 0.6) is 0 Å². The molecule has 20 heavy (non-hydrogen) atoms. The second-order valence-electron chi connectivity index (χ2n) is 4.47. The monoisotopic (exact) mass is 356 g/mol. The standard InChI is InChI=1S/C14H14BrFN2OS/c1-18(7-12-8-20-9-17-12)14(19)5-3-10-2-4-11(15)6-13(10)16/h2,4,6,8-9H,3,5,7H2,1H3. The Hall–Kier alpha value is -1.27. The molecule has 3 nitrogen and oxygen atoms in total. The van der Waals surface area contributed by atoms with E-state index in [0.29, 0.717) is 29.4 Å². The normalized spacial score (nSPS) is 10.6. The number of amides is 1. The van der Waals surface area contributed by atoms with Crippen molar-refractivity contribution in [2.45, 2.75) is 19.4 Å². The smallest absolute Gasteiger partial charge is 0.222 e. The number of thiazole rings is 1. The van der Waals surface area contributed by atoms with Gasteiger partial charge in [-0.1, -0.05) is 22.0 Å². The Bertz CT molecular complexity index is 589. The van der Waals surface area contributed by atoms with Crippen molar-refractivity contribution in [2.75, 3.05) is 7.05 Å². The Balaban J connectivity index is 1.88. The van der Waals surface area contributed by atoms with Gasteiger partial charge in [-0.3, -0.25) is 4.79 Å². The zero-order valence-electron chi connectivity index (χ0n) is 11.0. The van der Waals surface area contributed by atoms with Crippen LogP contribution >= 0.6 is 27.3 Å². The lowest BCUT2D eigenvalue weighted by atomic mass is 10.1.